The van der Waals surface area contributed by atoms with Gasteiger partial charge in [0.05, 0.1) is 13.2 Å². The van der Waals surface area contributed by atoms with E-state index in [0.29, 0.717) is 24.4 Å². The summed E-state index contributed by atoms with van der Waals surface area (Å²) in [4.78, 5) is 4.06. The SMILES string of the molecule is Oc1c(Br)nc2n1CCOC2. The molecular weight excluding hydrogens is 212 g/mol. The largest absolute Gasteiger partial charge is 0.492 e. The molecule has 1 N–H and O–H groups in total. The fraction of sp³-hybridized carbons (Fsp3) is 0.500. The van der Waals surface area contributed by atoms with Crippen molar-refractivity contribution in [3.8, 4) is 5.88 Å². The van der Waals surface area contributed by atoms with Crippen LogP contribution in [-0.2, 0) is 17.9 Å². The van der Waals surface area contributed by atoms with Gasteiger partial charge in [0.25, 0.3) is 0 Å². The predicted molar refractivity (Wildman–Crippen MR) is 41.2 cm³/mol. The third kappa shape index (κ3) is 1.04. The van der Waals surface area contributed by atoms with Gasteiger partial charge in [-0.3, -0.25) is 4.57 Å². The Kier molecular flexibility index (Phi) is 1.61. The van der Waals surface area contributed by atoms with Crippen LogP contribution < -0.4 is 0 Å². The van der Waals surface area contributed by atoms with Crippen LogP contribution in [0.5, 0.6) is 5.88 Å². The Morgan fingerprint density at radius 3 is 3.18 bits per heavy atom. The van der Waals surface area contributed by atoms with E-state index in [-0.39, 0.29) is 5.88 Å². The molecule has 0 atom stereocenters. The number of aromatic nitrogens is 2. The molecule has 1 aliphatic heterocycles. The van der Waals surface area contributed by atoms with Crippen molar-refractivity contribution in [2.45, 2.75) is 13.2 Å². The lowest BCUT2D eigenvalue weighted by molar-refractivity contribution is 0.0787. The second kappa shape index (κ2) is 2.49. The van der Waals surface area contributed by atoms with Crippen LogP contribution in [0.1, 0.15) is 5.82 Å². The lowest BCUT2D eigenvalue weighted by atomic mass is 10.5. The zero-order chi connectivity index (χ0) is 7.84. The molecule has 2 heterocycles. The van der Waals surface area contributed by atoms with E-state index in [9.17, 15) is 5.11 Å². The van der Waals surface area contributed by atoms with Gasteiger partial charge in [-0.15, -0.1) is 0 Å². The highest BCUT2D eigenvalue weighted by Gasteiger charge is 2.17. The van der Waals surface area contributed by atoms with Crippen molar-refractivity contribution in [1.82, 2.24) is 9.55 Å². The van der Waals surface area contributed by atoms with Crippen molar-refractivity contribution in [2.75, 3.05) is 6.61 Å². The summed E-state index contributed by atoms with van der Waals surface area (Å²) in [5.41, 5.74) is 0. The fourth-order valence-electron chi connectivity index (χ4n) is 1.12. The molecule has 0 bridgehead atoms. The highest BCUT2D eigenvalue weighted by atomic mass is 79.9. The van der Waals surface area contributed by atoms with E-state index < -0.39 is 0 Å². The topological polar surface area (TPSA) is 47.3 Å². The molecule has 0 unspecified atom stereocenters. The third-order valence-electron chi connectivity index (χ3n) is 1.67. The van der Waals surface area contributed by atoms with Crippen molar-refractivity contribution in [3.05, 3.63) is 10.4 Å². The summed E-state index contributed by atoms with van der Waals surface area (Å²) in [7, 11) is 0. The van der Waals surface area contributed by atoms with E-state index in [4.69, 9.17) is 4.74 Å². The van der Waals surface area contributed by atoms with Gasteiger partial charge in [0.2, 0.25) is 5.88 Å². The second-order valence-electron chi connectivity index (χ2n) is 2.35. The number of fused-ring (bicyclic) bond motifs is 1. The van der Waals surface area contributed by atoms with Gasteiger partial charge in [-0.1, -0.05) is 0 Å². The molecule has 0 fully saturated rings. The van der Waals surface area contributed by atoms with Gasteiger partial charge in [-0.2, -0.15) is 0 Å². The molecule has 0 aliphatic carbocycles. The highest BCUT2D eigenvalue weighted by molar-refractivity contribution is 9.10. The monoisotopic (exact) mass is 218 g/mol. The first kappa shape index (κ1) is 7.12. The average Bonchev–Trinajstić information content (AvgIpc) is 2.30. The predicted octanol–water partition coefficient (Wildman–Crippen LogP) is 0.881. The van der Waals surface area contributed by atoms with Gasteiger partial charge >= 0.3 is 0 Å². The Balaban J connectivity index is 2.50. The Bertz CT molecular complexity index is 284. The first-order valence-corrected chi connectivity index (χ1v) is 4.10. The Morgan fingerprint density at radius 1 is 1.64 bits per heavy atom. The standard InChI is InChI=1S/C6H7BrN2O2/c7-5-6(10)9-1-2-11-3-4(9)8-5/h10H,1-3H2. The summed E-state index contributed by atoms with van der Waals surface area (Å²) >= 11 is 3.14. The molecular formula is C6H7BrN2O2. The third-order valence-corrected chi connectivity index (χ3v) is 2.20. The van der Waals surface area contributed by atoms with Crippen LogP contribution in [0.3, 0.4) is 0 Å². The van der Waals surface area contributed by atoms with Crippen molar-refractivity contribution in [1.29, 1.82) is 0 Å². The van der Waals surface area contributed by atoms with Gasteiger partial charge in [-0.25, -0.2) is 4.98 Å². The number of aromatic hydroxyl groups is 1. The van der Waals surface area contributed by atoms with Crippen molar-refractivity contribution in [3.63, 3.8) is 0 Å². The van der Waals surface area contributed by atoms with Crippen LogP contribution in [0.15, 0.2) is 4.60 Å². The van der Waals surface area contributed by atoms with Crippen LogP contribution in [0.25, 0.3) is 0 Å². The first-order valence-electron chi connectivity index (χ1n) is 3.30. The van der Waals surface area contributed by atoms with E-state index in [0.717, 1.165) is 5.82 Å². The molecule has 60 valence electrons. The summed E-state index contributed by atoms with van der Waals surface area (Å²) in [5, 5.41) is 9.38. The zero-order valence-corrected chi connectivity index (χ0v) is 7.34. The van der Waals surface area contributed by atoms with E-state index in [1.165, 1.54) is 0 Å². The van der Waals surface area contributed by atoms with Gasteiger partial charge < -0.3 is 9.84 Å². The number of hydrogen-bond donors (Lipinski definition) is 1. The normalized spacial score (nSPS) is 16.5. The average molecular weight is 219 g/mol. The molecule has 1 aromatic rings. The number of ether oxygens (including phenoxy) is 1. The Morgan fingerprint density at radius 2 is 2.45 bits per heavy atom. The second-order valence-corrected chi connectivity index (χ2v) is 3.10. The molecule has 11 heavy (non-hydrogen) atoms. The van der Waals surface area contributed by atoms with Crippen LogP contribution >= 0.6 is 15.9 Å². The quantitative estimate of drug-likeness (QED) is 0.704. The van der Waals surface area contributed by atoms with E-state index in [1.54, 1.807) is 4.57 Å². The molecule has 0 aromatic carbocycles. The van der Waals surface area contributed by atoms with Crippen molar-refractivity contribution in [2.24, 2.45) is 0 Å². The molecule has 1 aromatic heterocycles. The summed E-state index contributed by atoms with van der Waals surface area (Å²) in [6, 6.07) is 0. The molecule has 1 aliphatic rings. The summed E-state index contributed by atoms with van der Waals surface area (Å²) in [6.45, 7) is 1.81. The van der Waals surface area contributed by atoms with Crippen LogP contribution in [0.4, 0.5) is 0 Å². The molecule has 0 amide bonds. The number of hydrogen-bond acceptors (Lipinski definition) is 3. The molecule has 4 nitrogen and oxygen atoms in total. The lowest BCUT2D eigenvalue weighted by Gasteiger charge is -2.13. The van der Waals surface area contributed by atoms with Gasteiger partial charge in [0.1, 0.15) is 12.4 Å². The van der Waals surface area contributed by atoms with Crippen LogP contribution in [0.2, 0.25) is 0 Å². The maximum absolute atomic E-state index is 9.38. The number of rotatable bonds is 0. The first-order chi connectivity index (χ1) is 5.29. The maximum Gasteiger partial charge on any atom is 0.226 e. The van der Waals surface area contributed by atoms with Crippen molar-refractivity contribution >= 4 is 15.9 Å². The minimum Gasteiger partial charge on any atom is -0.492 e. The zero-order valence-electron chi connectivity index (χ0n) is 5.75. The van der Waals surface area contributed by atoms with E-state index in [2.05, 4.69) is 20.9 Å². The number of imidazole rings is 1. The smallest absolute Gasteiger partial charge is 0.226 e. The van der Waals surface area contributed by atoms with Gasteiger partial charge in [0.15, 0.2) is 4.60 Å². The molecule has 0 saturated carbocycles. The molecule has 5 heteroatoms. The Hall–Kier alpha value is -0.550. The number of nitrogens with zero attached hydrogens (tertiary/aromatic N) is 2. The maximum atomic E-state index is 9.38. The molecule has 0 spiro atoms. The van der Waals surface area contributed by atoms with Gasteiger partial charge in [-0.05, 0) is 15.9 Å². The summed E-state index contributed by atoms with van der Waals surface area (Å²) < 4.78 is 7.39. The number of halogens is 1. The highest BCUT2D eigenvalue weighted by Crippen LogP contribution is 2.26. The Labute approximate surface area is 71.9 Å². The van der Waals surface area contributed by atoms with Crippen molar-refractivity contribution < 1.29 is 9.84 Å². The summed E-state index contributed by atoms with van der Waals surface area (Å²) in [6.07, 6.45) is 0. The summed E-state index contributed by atoms with van der Waals surface area (Å²) in [5.74, 6) is 0.976. The minimum absolute atomic E-state index is 0.198. The van der Waals surface area contributed by atoms with Crippen LogP contribution in [0, 0.1) is 0 Å². The molecule has 0 radical (unpaired) electrons. The van der Waals surface area contributed by atoms with E-state index in [1.807, 2.05) is 0 Å². The molecule has 2 rings (SSSR count). The van der Waals surface area contributed by atoms with Gasteiger partial charge in [0, 0.05) is 0 Å². The fourth-order valence-corrected chi connectivity index (χ4v) is 1.54. The minimum atomic E-state index is 0.198. The molecule has 0 saturated heterocycles. The van der Waals surface area contributed by atoms with Crippen LogP contribution in [-0.4, -0.2) is 21.3 Å². The van der Waals surface area contributed by atoms with E-state index >= 15 is 0 Å². The lowest BCUT2D eigenvalue weighted by Crippen LogP contribution is -2.16.